The quantitative estimate of drug-likeness (QED) is 0.331. The third-order valence-electron chi connectivity index (χ3n) is 3.82. The normalized spacial score (nSPS) is 11.9. The second-order valence-electron chi connectivity index (χ2n) is 5.97. The van der Waals surface area contributed by atoms with Crippen molar-refractivity contribution in [3.8, 4) is 5.69 Å². The number of hydrogen-bond donors (Lipinski definition) is 1. The van der Waals surface area contributed by atoms with Gasteiger partial charge in [0.05, 0.1) is 18.4 Å². The summed E-state index contributed by atoms with van der Waals surface area (Å²) in [6, 6.07) is 15.1. The van der Waals surface area contributed by atoms with E-state index in [0.717, 1.165) is 11.3 Å². The molecule has 0 atom stereocenters. The van der Waals surface area contributed by atoms with Gasteiger partial charge in [-0.1, -0.05) is 53.3 Å². The molecule has 3 aromatic rings. The van der Waals surface area contributed by atoms with E-state index in [1.54, 1.807) is 61.5 Å². The average Bonchev–Trinajstić information content (AvgIpc) is 3.17. The Bertz CT molecular complexity index is 1210. The lowest BCUT2D eigenvalue weighted by Crippen LogP contribution is -2.17. The van der Waals surface area contributed by atoms with Crippen molar-refractivity contribution < 1.29 is 24.2 Å². The van der Waals surface area contributed by atoms with Crippen molar-refractivity contribution in [1.82, 2.24) is 9.78 Å². The van der Waals surface area contributed by atoms with E-state index in [-0.39, 0.29) is 22.2 Å². The molecular weight excluding hydrogens is 442 g/mol. The zero-order chi connectivity index (χ0) is 22.4. The van der Waals surface area contributed by atoms with E-state index in [2.05, 4.69) is 10.1 Å². The molecule has 0 fully saturated rings. The summed E-state index contributed by atoms with van der Waals surface area (Å²) in [7, 11) is 0. The standard InChI is InChI=1S/C21H16ClN3O5S/c1-2-30-20(29)16(12-17(26)27)23-21-25(15-10-8-14(22)9-11-15)24-19(31-21)18(28)13-6-4-3-5-7-13/h3-12H,2H2,1H3,(H,26,27). The summed E-state index contributed by atoms with van der Waals surface area (Å²) in [5, 5.41) is 14.1. The Balaban J connectivity index is 2.19. The van der Waals surface area contributed by atoms with Gasteiger partial charge in [0, 0.05) is 10.6 Å². The highest BCUT2D eigenvalue weighted by Gasteiger charge is 2.18. The first kappa shape index (κ1) is 22.1. The number of aromatic nitrogens is 2. The van der Waals surface area contributed by atoms with E-state index in [9.17, 15) is 14.4 Å². The summed E-state index contributed by atoms with van der Waals surface area (Å²) in [6.07, 6.45) is 0.641. The molecule has 0 amide bonds. The van der Waals surface area contributed by atoms with Crippen LogP contribution in [0.2, 0.25) is 5.02 Å². The van der Waals surface area contributed by atoms with Crippen molar-refractivity contribution in [2.24, 2.45) is 4.99 Å². The number of halogens is 1. The van der Waals surface area contributed by atoms with Gasteiger partial charge in [-0.2, -0.15) is 5.10 Å². The number of nitrogens with zero attached hydrogens (tertiary/aromatic N) is 3. The van der Waals surface area contributed by atoms with Crippen LogP contribution in [0, 0.1) is 0 Å². The average molecular weight is 458 g/mol. The second-order valence-corrected chi connectivity index (χ2v) is 7.37. The smallest absolute Gasteiger partial charge is 0.357 e. The Morgan fingerprint density at radius 2 is 1.84 bits per heavy atom. The van der Waals surface area contributed by atoms with Gasteiger partial charge in [-0.15, -0.1) is 0 Å². The molecule has 0 saturated carbocycles. The number of carbonyl (C=O) groups is 3. The number of ether oxygens (including phenoxy) is 1. The molecule has 0 spiro atoms. The summed E-state index contributed by atoms with van der Waals surface area (Å²) in [6.45, 7) is 1.64. The number of carboxylic acids is 1. The SMILES string of the molecule is CCOC(=O)C(=CC(=O)O)N=c1sc(C(=O)c2ccccc2)nn1-c1ccc(Cl)cc1. The van der Waals surface area contributed by atoms with Crippen LogP contribution in [0.15, 0.2) is 71.4 Å². The summed E-state index contributed by atoms with van der Waals surface area (Å²) >= 11 is 6.87. The monoisotopic (exact) mass is 457 g/mol. The Hall–Kier alpha value is -3.56. The third kappa shape index (κ3) is 5.53. The van der Waals surface area contributed by atoms with Gasteiger partial charge in [-0.05, 0) is 31.2 Å². The predicted molar refractivity (Wildman–Crippen MR) is 114 cm³/mol. The van der Waals surface area contributed by atoms with Crippen molar-refractivity contribution >= 4 is 40.7 Å². The van der Waals surface area contributed by atoms with Crippen LogP contribution in [0.1, 0.15) is 22.3 Å². The molecule has 0 unspecified atom stereocenters. The highest BCUT2D eigenvalue weighted by atomic mass is 35.5. The van der Waals surface area contributed by atoms with E-state index < -0.39 is 17.6 Å². The van der Waals surface area contributed by atoms with Gasteiger partial charge in [0.1, 0.15) is 0 Å². The van der Waals surface area contributed by atoms with Gasteiger partial charge < -0.3 is 9.84 Å². The number of rotatable bonds is 7. The van der Waals surface area contributed by atoms with Crippen molar-refractivity contribution in [2.75, 3.05) is 6.61 Å². The summed E-state index contributed by atoms with van der Waals surface area (Å²) in [5.41, 5.74) is 0.516. The number of aliphatic carboxylic acids is 1. The fourth-order valence-electron chi connectivity index (χ4n) is 2.47. The molecule has 0 aliphatic rings. The first-order chi connectivity index (χ1) is 14.9. The molecule has 158 valence electrons. The second kappa shape index (κ2) is 9.96. The van der Waals surface area contributed by atoms with Crippen LogP contribution in [-0.2, 0) is 14.3 Å². The first-order valence-electron chi connectivity index (χ1n) is 9.01. The molecule has 1 heterocycles. The van der Waals surface area contributed by atoms with Gasteiger partial charge >= 0.3 is 11.9 Å². The maximum atomic E-state index is 12.9. The Kier molecular flexibility index (Phi) is 7.11. The molecule has 0 saturated heterocycles. The van der Waals surface area contributed by atoms with Crippen LogP contribution < -0.4 is 4.80 Å². The van der Waals surface area contributed by atoms with E-state index in [0.29, 0.717) is 22.3 Å². The van der Waals surface area contributed by atoms with E-state index in [1.165, 1.54) is 4.68 Å². The van der Waals surface area contributed by atoms with Crippen LogP contribution in [0.5, 0.6) is 0 Å². The molecule has 10 heteroatoms. The lowest BCUT2D eigenvalue weighted by molar-refractivity contribution is -0.139. The molecule has 0 aliphatic heterocycles. The van der Waals surface area contributed by atoms with Crippen LogP contribution in [-0.4, -0.2) is 39.2 Å². The lowest BCUT2D eigenvalue weighted by Gasteiger charge is -2.03. The summed E-state index contributed by atoms with van der Waals surface area (Å²) in [5.74, 6) is -2.61. The number of benzene rings is 2. The summed E-state index contributed by atoms with van der Waals surface area (Å²) < 4.78 is 6.23. The number of esters is 1. The zero-order valence-electron chi connectivity index (χ0n) is 16.2. The maximum absolute atomic E-state index is 12.9. The van der Waals surface area contributed by atoms with Gasteiger partial charge in [0.15, 0.2) is 10.7 Å². The first-order valence-corrected chi connectivity index (χ1v) is 10.2. The largest absolute Gasteiger partial charge is 0.478 e. The topological polar surface area (TPSA) is 111 Å². The Morgan fingerprint density at radius 3 is 2.45 bits per heavy atom. The van der Waals surface area contributed by atoms with Crippen LogP contribution >= 0.6 is 22.9 Å². The predicted octanol–water partition coefficient (Wildman–Crippen LogP) is 3.25. The number of carboxylic acid groups (broad SMARTS) is 1. The molecular formula is C21H16ClN3O5S. The van der Waals surface area contributed by atoms with Crippen molar-refractivity contribution in [3.05, 3.63) is 86.8 Å². The maximum Gasteiger partial charge on any atom is 0.357 e. The lowest BCUT2D eigenvalue weighted by atomic mass is 10.1. The van der Waals surface area contributed by atoms with Crippen molar-refractivity contribution in [2.45, 2.75) is 6.92 Å². The highest BCUT2D eigenvalue weighted by molar-refractivity contribution is 7.11. The van der Waals surface area contributed by atoms with E-state index >= 15 is 0 Å². The van der Waals surface area contributed by atoms with Crippen molar-refractivity contribution in [3.63, 3.8) is 0 Å². The van der Waals surface area contributed by atoms with Gasteiger partial charge in [-0.3, -0.25) is 4.79 Å². The molecule has 1 aromatic heterocycles. The molecule has 1 N–H and O–H groups in total. The molecule has 0 aliphatic carbocycles. The fourth-order valence-corrected chi connectivity index (χ4v) is 3.48. The fraction of sp³-hybridized carbons (Fsp3) is 0.0952. The van der Waals surface area contributed by atoms with Crippen LogP contribution in [0.4, 0.5) is 0 Å². The third-order valence-corrected chi connectivity index (χ3v) is 4.98. The number of ketones is 1. The molecule has 31 heavy (non-hydrogen) atoms. The highest BCUT2D eigenvalue weighted by Crippen LogP contribution is 2.15. The van der Waals surface area contributed by atoms with Crippen LogP contribution in [0.25, 0.3) is 5.69 Å². The van der Waals surface area contributed by atoms with E-state index in [1.807, 2.05) is 0 Å². The summed E-state index contributed by atoms with van der Waals surface area (Å²) in [4.78, 5) is 40.5. The molecule has 0 bridgehead atoms. The van der Waals surface area contributed by atoms with Gasteiger partial charge in [0.2, 0.25) is 10.6 Å². The van der Waals surface area contributed by atoms with Crippen molar-refractivity contribution in [1.29, 1.82) is 0 Å². The van der Waals surface area contributed by atoms with E-state index in [4.69, 9.17) is 21.4 Å². The minimum Gasteiger partial charge on any atom is -0.478 e. The minimum atomic E-state index is -1.37. The molecule has 8 nitrogen and oxygen atoms in total. The van der Waals surface area contributed by atoms with Gasteiger partial charge in [-0.25, -0.2) is 19.3 Å². The Morgan fingerprint density at radius 1 is 1.16 bits per heavy atom. The number of carbonyl (C=O) groups excluding carboxylic acids is 2. The Labute approximate surface area is 185 Å². The molecule has 3 rings (SSSR count). The molecule has 2 aromatic carbocycles. The zero-order valence-corrected chi connectivity index (χ0v) is 17.8. The van der Waals surface area contributed by atoms with Gasteiger partial charge in [0.25, 0.3) is 0 Å². The number of hydrogen-bond acceptors (Lipinski definition) is 7. The minimum absolute atomic E-state index is 0.0446. The molecule has 0 radical (unpaired) electrons. The van der Waals surface area contributed by atoms with Crippen LogP contribution in [0.3, 0.4) is 0 Å².